The number of nitrogens with one attached hydrogen (secondary N) is 1. The Morgan fingerprint density at radius 1 is 1.21 bits per heavy atom. The zero-order valence-corrected chi connectivity index (χ0v) is 14.0. The summed E-state index contributed by atoms with van der Waals surface area (Å²) in [5.41, 5.74) is 2.43. The van der Waals surface area contributed by atoms with Crippen LogP contribution in [-0.2, 0) is 0 Å². The van der Waals surface area contributed by atoms with Crippen LogP contribution in [0.2, 0.25) is 5.02 Å². The molecule has 0 aliphatic heterocycles. The van der Waals surface area contributed by atoms with Gasteiger partial charge in [0.05, 0.1) is 11.6 Å². The summed E-state index contributed by atoms with van der Waals surface area (Å²) < 4.78 is 1.82. The Labute approximate surface area is 144 Å². The number of hydrogen-bond donors (Lipinski definition) is 1. The molecule has 1 saturated carbocycles. The van der Waals surface area contributed by atoms with E-state index in [1.807, 2.05) is 41.7 Å². The van der Waals surface area contributed by atoms with Crippen molar-refractivity contribution >= 4 is 23.2 Å². The summed E-state index contributed by atoms with van der Waals surface area (Å²) >= 11 is 5.97. The first-order valence-corrected chi connectivity index (χ1v) is 8.37. The minimum atomic E-state index is -0.0863. The SMILES string of the molecule is Cc1nnc2ccc(C(=O)N[C@@H](c3ccc(Cl)cc3)C3CC3)cn12. The summed E-state index contributed by atoms with van der Waals surface area (Å²) in [7, 11) is 0. The summed E-state index contributed by atoms with van der Waals surface area (Å²) in [4.78, 5) is 12.7. The topological polar surface area (TPSA) is 59.3 Å². The molecule has 1 N–H and O–H groups in total. The van der Waals surface area contributed by atoms with Gasteiger partial charge >= 0.3 is 0 Å². The van der Waals surface area contributed by atoms with Gasteiger partial charge in [-0.15, -0.1) is 10.2 Å². The van der Waals surface area contributed by atoms with Crippen molar-refractivity contribution in [1.82, 2.24) is 19.9 Å². The number of pyridine rings is 1. The number of fused-ring (bicyclic) bond motifs is 1. The van der Waals surface area contributed by atoms with Gasteiger partial charge in [-0.2, -0.15) is 0 Å². The first-order valence-electron chi connectivity index (χ1n) is 7.99. The number of aromatic nitrogens is 3. The summed E-state index contributed by atoms with van der Waals surface area (Å²) in [6.07, 6.45) is 4.06. The van der Waals surface area contributed by atoms with Gasteiger partial charge in [0.1, 0.15) is 5.82 Å². The third-order valence-electron chi connectivity index (χ3n) is 4.44. The van der Waals surface area contributed by atoms with Gasteiger partial charge in [0, 0.05) is 11.2 Å². The van der Waals surface area contributed by atoms with E-state index in [0.717, 1.165) is 29.9 Å². The van der Waals surface area contributed by atoms with Crippen molar-refractivity contribution in [3.05, 3.63) is 64.6 Å². The molecule has 1 fully saturated rings. The summed E-state index contributed by atoms with van der Waals surface area (Å²) in [5.74, 6) is 1.17. The molecule has 3 aromatic rings. The van der Waals surface area contributed by atoms with Crippen LogP contribution in [0.5, 0.6) is 0 Å². The lowest BCUT2D eigenvalue weighted by atomic mass is 10.0. The van der Waals surface area contributed by atoms with Gasteiger partial charge in [-0.3, -0.25) is 9.20 Å². The van der Waals surface area contributed by atoms with Crippen LogP contribution in [0.1, 0.15) is 40.6 Å². The number of nitrogens with zero attached hydrogens (tertiary/aromatic N) is 3. The average molecular weight is 341 g/mol. The normalized spacial score (nSPS) is 15.4. The third-order valence-corrected chi connectivity index (χ3v) is 4.70. The number of carbonyl (C=O) groups is 1. The third kappa shape index (κ3) is 2.87. The Bertz CT molecular complexity index is 899. The molecule has 1 aliphatic rings. The number of amides is 1. The van der Waals surface area contributed by atoms with Crippen molar-refractivity contribution in [2.45, 2.75) is 25.8 Å². The Balaban J connectivity index is 1.60. The van der Waals surface area contributed by atoms with Crippen LogP contribution in [0.25, 0.3) is 5.65 Å². The van der Waals surface area contributed by atoms with Gasteiger partial charge in [0.2, 0.25) is 0 Å². The van der Waals surface area contributed by atoms with Crippen molar-refractivity contribution in [1.29, 1.82) is 0 Å². The fraction of sp³-hybridized carbons (Fsp3) is 0.278. The number of halogens is 1. The molecule has 1 aliphatic carbocycles. The molecule has 1 atom stereocenters. The maximum Gasteiger partial charge on any atom is 0.253 e. The monoisotopic (exact) mass is 340 g/mol. The number of rotatable bonds is 4. The van der Waals surface area contributed by atoms with E-state index < -0.39 is 0 Å². The van der Waals surface area contributed by atoms with E-state index in [4.69, 9.17) is 11.6 Å². The molecule has 0 bridgehead atoms. The van der Waals surface area contributed by atoms with Crippen molar-refractivity contribution in [3.63, 3.8) is 0 Å². The van der Waals surface area contributed by atoms with Crippen LogP contribution >= 0.6 is 11.6 Å². The second kappa shape index (κ2) is 5.91. The Morgan fingerprint density at radius 2 is 1.96 bits per heavy atom. The van der Waals surface area contributed by atoms with Crippen molar-refractivity contribution in [2.24, 2.45) is 5.92 Å². The highest BCUT2D eigenvalue weighted by atomic mass is 35.5. The Morgan fingerprint density at radius 3 is 2.67 bits per heavy atom. The molecule has 0 spiro atoms. The zero-order valence-electron chi connectivity index (χ0n) is 13.2. The van der Waals surface area contributed by atoms with Crippen LogP contribution in [0, 0.1) is 12.8 Å². The first-order chi connectivity index (χ1) is 11.6. The van der Waals surface area contributed by atoms with Crippen molar-refractivity contribution in [2.75, 3.05) is 0 Å². The smallest absolute Gasteiger partial charge is 0.253 e. The maximum atomic E-state index is 12.7. The molecule has 24 heavy (non-hydrogen) atoms. The summed E-state index contributed by atoms with van der Waals surface area (Å²) in [6.45, 7) is 1.86. The highest BCUT2D eigenvalue weighted by Crippen LogP contribution is 2.41. The van der Waals surface area contributed by atoms with Gasteiger partial charge in [-0.25, -0.2) is 0 Å². The van der Waals surface area contributed by atoms with E-state index in [0.29, 0.717) is 16.5 Å². The second-order valence-electron chi connectivity index (χ2n) is 6.23. The van der Waals surface area contributed by atoms with Crippen LogP contribution in [-0.4, -0.2) is 20.5 Å². The van der Waals surface area contributed by atoms with Gasteiger partial charge in [0.15, 0.2) is 5.65 Å². The molecule has 1 aromatic carbocycles. The molecule has 0 unspecified atom stereocenters. The van der Waals surface area contributed by atoms with E-state index >= 15 is 0 Å². The largest absolute Gasteiger partial charge is 0.345 e. The number of carbonyl (C=O) groups excluding carboxylic acids is 1. The lowest BCUT2D eigenvalue weighted by Crippen LogP contribution is -2.30. The predicted octanol–water partition coefficient (Wildman–Crippen LogP) is 3.57. The molecule has 1 amide bonds. The molecule has 0 saturated heterocycles. The van der Waals surface area contributed by atoms with Crippen molar-refractivity contribution in [3.8, 4) is 0 Å². The van der Waals surface area contributed by atoms with Crippen LogP contribution in [0.3, 0.4) is 0 Å². The highest BCUT2D eigenvalue weighted by Gasteiger charge is 2.33. The van der Waals surface area contributed by atoms with Crippen LogP contribution in [0.4, 0.5) is 0 Å². The Hall–Kier alpha value is -2.40. The molecule has 6 heteroatoms. The quantitative estimate of drug-likeness (QED) is 0.789. The molecule has 5 nitrogen and oxygen atoms in total. The summed E-state index contributed by atoms with van der Waals surface area (Å²) in [6, 6.07) is 11.3. The van der Waals surface area contributed by atoms with Gasteiger partial charge in [-0.1, -0.05) is 23.7 Å². The minimum Gasteiger partial charge on any atom is -0.345 e. The molecule has 2 heterocycles. The highest BCUT2D eigenvalue weighted by molar-refractivity contribution is 6.30. The second-order valence-corrected chi connectivity index (χ2v) is 6.67. The molecule has 4 rings (SSSR count). The van der Waals surface area contributed by atoms with Gasteiger partial charge in [-0.05, 0) is 55.5 Å². The Kier molecular flexibility index (Phi) is 3.73. The molecule has 2 aromatic heterocycles. The molecular formula is C18H17ClN4O. The fourth-order valence-electron chi connectivity index (χ4n) is 2.94. The number of benzene rings is 1. The van der Waals surface area contributed by atoms with Crippen molar-refractivity contribution < 1.29 is 4.79 Å². The number of hydrogen-bond acceptors (Lipinski definition) is 3. The minimum absolute atomic E-state index is 0.0208. The zero-order chi connectivity index (χ0) is 16.7. The maximum absolute atomic E-state index is 12.7. The van der Waals surface area contributed by atoms with E-state index in [1.165, 1.54) is 0 Å². The average Bonchev–Trinajstić information content (AvgIpc) is 3.37. The fourth-order valence-corrected chi connectivity index (χ4v) is 3.06. The number of aryl methyl sites for hydroxylation is 1. The lowest BCUT2D eigenvalue weighted by Gasteiger charge is -2.19. The molecule has 122 valence electrons. The van der Waals surface area contributed by atoms with Gasteiger partial charge in [0.25, 0.3) is 5.91 Å². The first kappa shape index (κ1) is 15.1. The van der Waals surface area contributed by atoms with E-state index in [1.54, 1.807) is 12.3 Å². The van der Waals surface area contributed by atoms with Crippen LogP contribution in [0.15, 0.2) is 42.6 Å². The lowest BCUT2D eigenvalue weighted by molar-refractivity contribution is 0.0931. The standard InChI is InChI=1S/C18H17ClN4O/c1-11-21-22-16-9-6-14(10-23(11)16)18(24)20-17(12-2-3-12)13-4-7-15(19)8-5-13/h4-10,12,17H,2-3H2,1H3,(H,20,24)/t17-/m1/s1. The molecular weight excluding hydrogens is 324 g/mol. The van der Waals surface area contributed by atoms with E-state index in [-0.39, 0.29) is 11.9 Å². The van der Waals surface area contributed by atoms with E-state index in [2.05, 4.69) is 15.5 Å². The molecule has 0 radical (unpaired) electrons. The summed E-state index contributed by atoms with van der Waals surface area (Å²) in [5, 5.41) is 11.9. The predicted molar refractivity (Wildman–Crippen MR) is 92.1 cm³/mol. The van der Waals surface area contributed by atoms with E-state index in [9.17, 15) is 4.79 Å². The van der Waals surface area contributed by atoms with Gasteiger partial charge < -0.3 is 5.32 Å². The van der Waals surface area contributed by atoms with Crippen LogP contribution < -0.4 is 5.32 Å².